The van der Waals surface area contributed by atoms with E-state index in [1.54, 1.807) is 43.6 Å². The van der Waals surface area contributed by atoms with Crippen molar-refractivity contribution in [1.29, 1.82) is 0 Å². The molecule has 1 heterocycles. The Labute approximate surface area is 269 Å². The van der Waals surface area contributed by atoms with Crippen LogP contribution in [-0.2, 0) is 4.74 Å². The Bertz CT molecular complexity index is 1310. The molecular formula is C36H45F3N2O5. The van der Waals surface area contributed by atoms with Crippen molar-refractivity contribution in [1.82, 2.24) is 9.97 Å². The molecule has 0 aliphatic carbocycles. The molecule has 0 radical (unpaired) electrons. The SMILES string of the molecule is CCCCCCCCCCCCOc1cnc(-c2ccc(C(=O)Oc3ccc(C(=O)O[C@@H](CCCC)C(F)(F)F)cc3)cc2)nc1. The van der Waals surface area contributed by atoms with Crippen molar-refractivity contribution in [3.8, 4) is 22.9 Å². The van der Waals surface area contributed by atoms with Crippen LogP contribution in [0.5, 0.6) is 11.5 Å². The maximum absolute atomic E-state index is 13.2. The van der Waals surface area contributed by atoms with Crippen molar-refractivity contribution in [2.45, 2.75) is 110 Å². The van der Waals surface area contributed by atoms with Crippen molar-refractivity contribution in [2.75, 3.05) is 6.61 Å². The molecule has 0 aliphatic rings. The van der Waals surface area contributed by atoms with Crippen LogP contribution in [0.4, 0.5) is 13.2 Å². The maximum atomic E-state index is 13.2. The smallest absolute Gasteiger partial charge is 0.425 e. The number of ether oxygens (including phenoxy) is 3. The van der Waals surface area contributed by atoms with E-state index in [9.17, 15) is 22.8 Å². The first-order chi connectivity index (χ1) is 22.2. The first-order valence-corrected chi connectivity index (χ1v) is 16.4. The normalized spacial score (nSPS) is 12.0. The summed E-state index contributed by atoms with van der Waals surface area (Å²) in [6, 6.07) is 11.7. The molecule has 250 valence electrons. The number of alkyl halides is 3. The van der Waals surface area contributed by atoms with Crippen LogP contribution in [0.1, 0.15) is 118 Å². The highest BCUT2D eigenvalue weighted by atomic mass is 19.4. The van der Waals surface area contributed by atoms with Crippen molar-refractivity contribution >= 4 is 11.9 Å². The van der Waals surface area contributed by atoms with Crippen molar-refractivity contribution in [3.05, 3.63) is 72.1 Å². The highest BCUT2D eigenvalue weighted by Crippen LogP contribution is 2.28. The molecule has 0 bridgehead atoms. The highest BCUT2D eigenvalue weighted by Gasteiger charge is 2.42. The molecule has 3 aromatic rings. The Morgan fingerprint density at radius 1 is 0.674 bits per heavy atom. The summed E-state index contributed by atoms with van der Waals surface area (Å²) < 4.78 is 55.4. The maximum Gasteiger partial charge on any atom is 0.425 e. The monoisotopic (exact) mass is 642 g/mol. The zero-order valence-corrected chi connectivity index (χ0v) is 26.8. The number of carbonyl (C=O) groups is 2. The Kier molecular flexibility index (Phi) is 15.5. The number of carbonyl (C=O) groups excluding carboxylic acids is 2. The molecule has 7 nitrogen and oxygen atoms in total. The topological polar surface area (TPSA) is 87.6 Å². The number of unbranched alkanes of at least 4 members (excludes halogenated alkanes) is 10. The predicted octanol–water partition coefficient (Wildman–Crippen LogP) is 9.94. The molecule has 46 heavy (non-hydrogen) atoms. The molecule has 1 aromatic heterocycles. The number of rotatable bonds is 20. The van der Waals surface area contributed by atoms with Crippen LogP contribution < -0.4 is 9.47 Å². The van der Waals surface area contributed by atoms with Gasteiger partial charge < -0.3 is 14.2 Å². The lowest BCUT2D eigenvalue weighted by molar-refractivity contribution is -0.206. The minimum absolute atomic E-state index is 0.0786. The summed E-state index contributed by atoms with van der Waals surface area (Å²) in [7, 11) is 0. The number of benzene rings is 2. The van der Waals surface area contributed by atoms with E-state index in [2.05, 4.69) is 16.9 Å². The van der Waals surface area contributed by atoms with E-state index in [1.165, 1.54) is 75.6 Å². The zero-order valence-electron chi connectivity index (χ0n) is 26.8. The fourth-order valence-electron chi connectivity index (χ4n) is 4.78. The van der Waals surface area contributed by atoms with Crippen LogP contribution in [0.25, 0.3) is 11.4 Å². The van der Waals surface area contributed by atoms with E-state index in [0.29, 0.717) is 30.2 Å². The molecule has 0 N–H and O–H groups in total. The van der Waals surface area contributed by atoms with E-state index in [0.717, 1.165) is 12.8 Å². The summed E-state index contributed by atoms with van der Waals surface area (Å²) in [4.78, 5) is 33.7. The van der Waals surface area contributed by atoms with Gasteiger partial charge in [0.05, 0.1) is 30.1 Å². The van der Waals surface area contributed by atoms with Gasteiger partial charge in [-0.1, -0.05) is 90.2 Å². The molecule has 0 unspecified atom stereocenters. The molecule has 0 saturated carbocycles. The predicted molar refractivity (Wildman–Crippen MR) is 171 cm³/mol. The van der Waals surface area contributed by atoms with E-state index in [4.69, 9.17) is 14.2 Å². The van der Waals surface area contributed by atoms with Crippen LogP contribution in [0.3, 0.4) is 0 Å². The van der Waals surface area contributed by atoms with Gasteiger partial charge in [0.2, 0.25) is 0 Å². The molecule has 0 aliphatic heterocycles. The van der Waals surface area contributed by atoms with Gasteiger partial charge in [-0.2, -0.15) is 13.2 Å². The number of hydrogen-bond acceptors (Lipinski definition) is 7. The van der Waals surface area contributed by atoms with Gasteiger partial charge in [0, 0.05) is 5.56 Å². The summed E-state index contributed by atoms with van der Waals surface area (Å²) in [5.74, 6) is -0.523. The third-order valence-corrected chi connectivity index (χ3v) is 7.51. The second-order valence-corrected chi connectivity index (χ2v) is 11.3. The van der Waals surface area contributed by atoms with E-state index in [-0.39, 0.29) is 29.7 Å². The quantitative estimate of drug-likeness (QED) is 0.0689. The minimum Gasteiger partial charge on any atom is -0.490 e. The van der Waals surface area contributed by atoms with Gasteiger partial charge in [0.25, 0.3) is 0 Å². The zero-order chi connectivity index (χ0) is 33.2. The minimum atomic E-state index is -4.65. The highest BCUT2D eigenvalue weighted by molar-refractivity contribution is 5.92. The van der Waals surface area contributed by atoms with Crippen molar-refractivity contribution in [3.63, 3.8) is 0 Å². The van der Waals surface area contributed by atoms with Crippen molar-refractivity contribution < 1.29 is 37.0 Å². The molecule has 3 rings (SSSR count). The number of nitrogens with zero attached hydrogens (tertiary/aromatic N) is 2. The van der Waals surface area contributed by atoms with Gasteiger partial charge in [-0.05, 0) is 55.7 Å². The number of halogens is 3. The largest absolute Gasteiger partial charge is 0.490 e. The average Bonchev–Trinajstić information content (AvgIpc) is 3.05. The first kappa shape index (κ1) is 36.5. The van der Waals surface area contributed by atoms with Crippen LogP contribution in [0.2, 0.25) is 0 Å². The van der Waals surface area contributed by atoms with Crippen LogP contribution >= 0.6 is 0 Å². The van der Waals surface area contributed by atoms with E-state index in [1.807, 2.05) is 0 Å². The van der Waals surface area contributed by atoms with Gasteiger partial charge in [0.1, 0.15) is 5.75 Å². The molecule has 0 amide bonds. The second-order valence-electron chi connectivity index (χ2n) is 11.3. The average molecular weight is 643 g/mol. The Hall–Kier alpha value is -3.95. The summed E-state index contributed by atoms with van der Waals surface area (Å²) >= 11 is 0. The standard InChI is InChI=1S/C36H45F3N2O5/c1-3-5-7-8-9-10-11-12-13-14-24-44-31-25-40-33(41-26-31)27-16-18-28(19-17-27)34(42)45-30-22-20-29(21-23-30)35(43)46-32(15-6-4-2)36(37,38)39/h16-23,25-26,32H,3-15,24H2,1-2H3/t32-/m0/s1. The second kappa shape index (κ2) is 19.5. The van der Waals surface area contributed by atoms with Crippen LogP contribution in [0, 0.1) is 0 Å². The molecular weight excluding hydrogens is 597 g/mol. The third kappa shape index (κ3) is 12.8. The Morgan fingerprint density at radius 3 is 1.76 bits per heavy atom. The fourth-order valence-corrected chi connectivity index (χ4v) is 4.78. The fraction of sp³-hybridized carbons (Fsp3) is 0.500. The lowest BCUT2D eigenvalue weighted by atomic mass is 10.1. The summed E-state index contributed by atoms with van der Waals surface area (Å²) in [6.07, 6.45) is 9.60. The van der Waals surface area contributed by atoms with Gasteiger partial charge >= 0.3 is 18.1 Å². The molecule has 0 saturated heterocycles. The molecule has 0 fully saturated rings. The lowest BCUT2D eigenvalue weighted by Crippen LogP contribution is -2.33. The Balaban J connectivity index is 1.41. The van der Waals surface area contributed by atoms with Crippen LogP contribution in [-0.4, -0.2) is 40.8 Å². The summed E-state index contributed by atoms with van der Waals surface area (Å²) in [5.41, 5.74) is 0.898. The first-order valence-electron chi connectivity index (χ1n) is 16.4. The van der Waals surface area contributed by atoms with Gasteiger partial charge in [-0.3, -0.25) is 0 Å². The van der Waals surface area contributed by atoms with E-state index >= 15 is 0 Å². The summed E-state index contributed by atoms with van der Waals surface area (Å²) in [5, 5.41) is 0. The Morgan fingerprint density at radius 2 is 1.20 bits per heavy atom. The number of esters is 2. The number of hydrogen-bond donors (Lipinski definition) is 0. The van der Waals surface area contributed by atoms with Gasteiger partial charge in [0.15, 0.2) is 17.7 Å². The molecule has 10 heteroatoms. The lowest BCUT2D eigenvalue weighted by Gasteiger charge is -2.20. The number of aromatic nitrogens is 2. The molecule has 0 spiro atoms. The van der Waals surface area contributed by atoms with Crippen LogP contribution in [0.15, 0.2) is 60.9 Å². The third-order valence-electron chi connectivity index (χ3n) is 7.51. The molecule has 1 atom stereocenters. The molecule has 2 aromatic carbocycles. The van der Waals surface area contributed by atoms with E-state index < -0.39 is 24.2 Å². The summed E-state index contributed by atoms with van der Waals surface area (Å²) in [6.45, 7) is 4.62. The van der Waals surface area contributed by atoms with Crippen molar-refractivity contribution in [2.24, 2.45) is 0 Å². The van der Waals surface area contributed by atoms with Gasteiger partial charge in [-0.25, -0.2) is 19.6 Å². The van der Waals surface area contributed by atoms with Gasteiger partial charge in [-0.15, -0.1) is 0 Å².